The van der Waals surface area contributed by atoms with Crippen molar-refractivity contribution >= 4 is 0 Å². The number of piperidine rings is 1. The molecule has 0 radical (unpaired) electrons. The molecule has 2 heteroatoms. The Morgan fingerprint density at radius 3 is 2.82 bits per heavy atom. The highest BCUT2D eigenvalue weighted by Gasteiger charge is 2.50. The molecule has 4 atom stereocenters. The van der Waals surface area contributed by atoms with Gasteiger partial charge in [0.1, 0.15) is 5.75 Å². The van der Waals surface area contributed by atoms with E-state index in [1.807, 2.05) is 0 Å². The minimum Gasteiger partial charge on any atom is -0.494 e. The molecule has 1 aliphatic heterocycles. The van der Waals surface area contributed by atoms with Gasteiger partial charge in [0, 0.05) is 6.54 Å². The Morgan fingerprint density at radius 2 is 1.93 bits per heavy atom. The van der Waals surface area contributed by atoms with Gasteiger partial charge in [0.15, 0.2) is 0 Å². The van der Waals surface area contributed by atoms with E-state index in [4.69, 9.17) is 4.74 Å². The summed E-state index contributed by atoms with van der Waals surface area (Å²) >= 11 is 0. The Morgan fingerprint density at radius 1 is 1.04 bits per heavy atom. The van der Waals surface area contributed by atoms with Crippen LogP contribution in [-0.2, 0) is 6.42 Å². The lowest BCUT2D eigenvalue weighted by atomic mass is 9.56. The molecule has 3 fully saturated rings. The number of hydrogen-bond acceptors (Lipinski definition) is 2. The predicted molar refractivity (Wildman–Crippen MR) is 116 cm³/mol. The molecule has 0 aromatic heterocycles. The lowest BCUT2D eigenvalue weighted by Gasteiger charge is -2.49. The first-order chi connectivity index (χ1) is 13.7. The fourth-order valence-electron chi connectivity index (χ4n) is 7.30. The molecule has 154 valence electrons. The maximum atomic E-state index is 6.16. The van der Waals surface area contributed by atoms with Crippen molar-refractivity contribution in [1.29, 1.82) is 0 Å². The molecule has 0 amide bonds. The molecule has 0 N–H and O–H groups in total. The quantitative estimate of drug-likeness (QED) is 0.564. The van der Waals surface area contributed by atoms with Gasteiger partial charge in [-0.2, -0.15) is 0 Å². The minimum atomic E-state index is 0.663. The van der Waals surface area contributed by atoms with Crippen molar-refractivity contribution < 1.29 is 4.74 Å². The molecule has 4 aliphatic rings. The number of benzene rings is 1. The van der Waals surface area contributed by atoms with Crippen LogP contribution in [0.2, 0.25) is 0 Å². The SMILES string of the molecule is C[C@@]12CCC[C@H]1[C@@H]1CCc3cc(OCCCN4CCCCC4)ccc3[C@H]1CC2. The van der Waals surface area contributed by atoms with E-state index in [0.29, 0.717) is 5.41 Å². The first-order valence-electron chi connectivity index (χ1n) is 12.2. The molecule has 2 saturated carbocycles. The van der Waals surface area contributed by atoms with E-state index in [0.717, 1.165) is 36.5 Å². The van der Waals surface area contributed by atoms with E-state index in [1.54, 1.807) is 11.1 Å². The van der Waals surface area contributed by atoms with Crippen LogP contribution >= 0.6 is 0 Å². The third kappa shape index (κ3) is 3.62. The van der Waals surface area contributed by atoms with Gasteiger partial charge in [-0.25, -0.2) is 0 Å². The Kier molecular flexibility index (Phi) is 5.43. The minimum absolute atomic E-state index is 0.663. The van der Waals surface area contributed by atoms with Gasteiger partial charge in [0.25, 0.3) is 0 Å². The number of likely N-dealkylation sites (tertiary alicyclic amines) is 1. The van der Waals surface area contributed by atoms with Crippen molar-refractivity contribution in [1.82, 2.24) is 4.90 Å². The van der Waals surface area contributed by atoms with Crippen LogP contribution < -0.4 is 4.74 Å². The molecule has 28 heavy (non-hydrogen) atoms. The third-order valence-corrected chi connectivity index (χ3v) is 8.82. The zero-order chi connectivity index (χ0) is 19.0. The van der Waals surface area contributed by atoms with Crippen LogP contribution in [0.4, 0.5) is 0 Å². The number of nitrogens with zero attached hydrogens (tertiary/aromatic N) is 1. The smallest absolute Gasteiger partial charge is 0.119 e. The van der Waals surface area contributed by atoms with Crippen molar-refractivity contribution in [3.8, 4) is 5.75 Å². The normalized spacial score (nSPS) is 35.1. The van der Waals surface area contributed by atoms with Crippen LogP contribution in [-0.4, -0.2) is 31.1 Å². The van der Waals surface area contributed by atoms with E-state index in [1.165, 1.54) is 83.8 Å². The number of ether oxygens (including phenoxy) is 1. The lowest BCUT2D eigenvalue weighted by Crippen LogP contribution is -2.39. The average molecular weight is 382 g/mol. The van der Waals surface area contributed by atoms with Crippen molar-refractivity contribution in [3.05, 3.63) is 29.3 Å². The summed E-state index contributed by atoms with van der Waals surface area (Å²) in [5.41, 5.74) is 3.93. The van der Waals surface area contributed by atoms with Crippen LogP contribution in [0.25, 0.3) is 0 Å². The molecule has 1 aromatic rings. The standard InChI is InChI=1S/C26H39NO/c1-26-13-5-7-25(26)24-10-8-20-19-21(9-11-22(20)23(24)12-14-26)28-18-6-17-27-15-3-2-4-16-27/h9,11,19,23-25H,2-8,10,12-18H2,1H3/t23-,24-,25+,26+/m1/s1. The number of fused-ring (bicyclic) bond motifs is 5. The first kappa shape index (κ1) is 19.0. The molecule has 5 rings (SSSR count). The zero-order valence-corrected chi connectivity index (χ0v) is 17.9. The van der Waals surface area contributed by atoms with Crippen LogP contribution in [0, 0.1) is 17.3 Å². The fourth-order valence-corrected chi connectivity index (χ4v) is 7.30. The summed E-state index contributed by atoms with van der Waals surface area (Å²) in [5.74, 6) is 3.88. The van der Waals surface area contributed by atoms with Crippen molar-refractivity contribution in [3.63, 3.8) is 0 Å². The van der Waals surface area contributed by atoms with E-state index in [9.17, 15) is 0 Å². The highest BCUT2D eigenvalue weighted by atomic mass is 16.5. The summed E-state index contributed by atoms with van der Waals surface area (Å²) in [6, 6.07) is 7.09. The first-order valence-corrected chi connectivity index (χ1v) is 12.2. The second-order valence-electron chi connectivity index (χ2n) is 10.5. The van der Waals surface area contributed by atoms with Crippen molar-refractivity contribution in [2.24, 2.45) is 17.3 Å². The van der Waals surface area contributed by atoms with Crippen LogP contribution in [0.3, 0.4) is 0 Å². The van der Waals surface area contributed by atoms with Gasteiger partial charge in [0.2, 0.25) is 0 Å². The topological polar surface area (TPSA) is 12.5 Å². The third-order valence-electron chi connectivity index (χ3n) is 8.82. The summed E-state index contributed by atoms with van der Waals surface area (Å²) in [6.07, 6.45) is 15.3. The second kappa shape index (κ2) is 8.01. The van der Waals surface area contributed by atoms with Crippen LogP contribution in [0.15, 0.2) is 18.2 Å². The van der Waals surface area contributed by atoms with Gasteiger partial charge in [0.05, 0.1) is 6.61 Å². The molecule has 1 heterocycles. The Hall–Kier alpha value is -1.02. The summed E-state index contributed by atoms with van der Waals surface area (Å²) < 4.78 is 6.16. The maximum absolute atomic E-state index is 6.16. The molecule has 0 bridgehead atoms. The number of rotatable bonds is 5. The monoisotopic (exact) mass is 381 g/mol. The molecular weight excluding hydrogens is 342 g/mol. The largest absolute Gasteiger partial charge is 0.494 e. The lowest BCUT2D eigenvalue weighted by molar-refractivity contribution is 0.0598. The van der Waals surface area contributed by atoms with E-state index < -0.39 is 0 Å². The van der Waals surface area contributed by atoms with Crippen LogP contribution in [0.5, 0.6) is 5.75 Å². The summed E-state index contributed by atoms with van der Waals surface area (Å²) in [6.45, 7) is 7.25. The number of hydrogen-bond donors (Lipinski definition) is 0. The van der Waals surface area contributed by atoms with Gasteiger partial charge in [-0.1, -0.05) is 25.8 Å². The molecule has 0 unspecified atom stereocenters. The van der Waals surface area contributed by atoms with Gasteiger partial charge in [-0.15, -0.1) is 0 Å². The highest BCUT2D eigenvalue weighted by Crippen LogP contribution is 2.60. The highest BCUT2D eigenvalue weighted by molar-refractivity contribution is 5.40. The molecular formula is C26H39NO. The van der Waals surface area contributed by atoms with Crippen molar-refractivity contribution in [2.45, 2.75) is 83.5 Å². The molecule has 1 saturated heterocycles. The van der Waals surface area contributed by atoms with Gasteiger partial charge in [-0.3, -0.25) is 0 Å². The molecule has 3 aliphatic carbocycles. The summed E-state index contributed by atoms with van der Waals surface area (Å²) in [5, 5.41) is 0. The van der Waals surface area contributed by atoms with Crippen LogP contribution in [0.1, 0.15) is 88.2 Å². The van der Waals surface area contributed by atoms with Gasteiger partial charge >= 0.3 is 0 Å². The second-order valence-corrected chi connectivity index (χ2v) is 10.5. The number of aryl methyl sites for hydroxylation is 1. The Bertz CT molecular complexity index is 679. The average Bonchev–Trinajstić information content (AvgIpc) is 3.13. The summed E-state index contributed by atoms with van der Waals surface area (Å²) in [7, 11) is 0. The maximum Gasteiger partial charge on any atom is 0.119 e. The van der Waals surface area contributed by atoms with E-state index in [2.05, 4.69) is 30.0 Å². The fraction of sp³-hybridized carbons (Fsp3) is 0.769. The van der Waals surface area contributed by atoms with E-state index >= 15 is 0 Å². The molecule has 0 spiro atoms. The van der Waals surface area contributed by atoms with Gasteiger partial charge < -0.3 is 9.64 Å². The molecule has 1 aromatic carbocycles. The van der Waals surface area contributed by atoms with E-state index in [-0.39, 0.29) is 0 Å². The van der Waals surface area contributed by atoms with Crippen molar-refractivity contribution in [2.75, 3.05) is 26.2 Å². The predicted octanol–water partition coefficient (Wildman–Crippen LogP) is 6.19. The Labute approximate surface area is 172 Å². The molecule has 2 nitrogen and oxygen atoms in total. The zero-order valence-electron chi connectivity index (χ0n) is 17.9. The Balaban J connectivity index is 1.19. The summed E-state index contributed by atoms with van der Waals surface area (Å²) in [4.78, 5) is 2.61. The van der Waals surface area contributed by atoms with Gasteiger partial charge in [-0.05, 0) is 117 Å².